The van der Waals surface area contributed by atoms with Gasteiger partial charge in [0.15, 0.2) is 17.0 Å². The summed E-state index contributed by atoms with van der Waals surface area (Å²) in [5.41, 5.74) is 14.9. The Labute approximate surface area is 324 Å². The van der Waals surface area contributed by atoms with Crippen molar-refractivity contribution < 1.29 is 53.2 Å². The first kappa shape index (κ1) is 41.5. The van der Waals surface area contributed by atoms with Crippen LogP contribution in [0.25, 0.3) is 22.6 Å². The third kappa shape index (κ3) is 12.1. The van der Waals surface area contributed by atoms with Crippen LogP contribution in [0.15, 0.2) is 66.0 Å². The molecule has 5 aromatic rings. The molecule has 2 saturated heterocycles. The normalized spacial score (nSPS) is 14.3. The number of aromatic amines is 3. The summed E-state index contributed by atoms with van der Waals surface area (Å²) in [6, 6.07) is 15.9. The zero-order chi connectivity index (χ0) is 36.9. The number of hydrogen-bond acceptors (Lipinski definition) is 14. The molecule has 2 aliphatic heterocycles. The zero-order valence-electron chi connectivity index (χ0n) is 30.2. The summed E-state index contributed by atoms with van der Waals surface area (Å²) in [6.45, 7) is 8.56. The number of imidazole rings is 2. The molecule has 0 bridgehead atoms. The molecule has 1 amide bonds. The summed E-state index contributed by atoms with van der Waals surface area (Å²) < 4.78 is 25.3. The van der Waals surface area contributed by atoms with E-state index in [-0.39, 0.29) is 48.1 Å². The average Bonchev–Trinajstić information content (AvgIpc) is 3.79. The van der Waals surface area contributed by atoms with E-state index >= 15 is 0 Å². The topological polar surface area (TPSA) is 253 Å². The molecular formula is C32H41N12NaO6S. The summed E-state index contributed by atoms with van der Waals surface area (Å²) in [7, 11) is 1.18. The number of nitrogen functional groups attached to an aromatic ring is 1. The number of primary amides is 1. The molecule has 0 spiro atoms. The molecule has 3 aromatic heterocycles. The van der Waals surface area contributed by atoms with E-state index in [4.69, 9.17) is 24.1 Å². The molecule has 0 atom stereocenters. The number of carbonyl (C=O) groups excluding carboxylic acids is 2. The van der Waals surface area contributed by atoms with Gasteiger partial charge in [0.05, 0.1) is 12.7 Å². The zero-order valence-corrected chi connectivity index (χ0v) is 32.0. The molecule has 0 saturated carbocycles. The Bertz CT molecular complexity index is 2060. The number of benzene rings is 2. The number of amides is 1. The maximum Gasteiger partial charge on any atom is 1.00 e. The van der Waals surface area contributed by atoms with Crippen molar-refractivity contribution in [3.8, 4) is 11.4 Å². The first-order chi connectivity index (χ1) is 24.4. The number of hydrogen-bond donors (Lipinski definition) is 5. The Kier molecular flexibility index (Phi) is 16.1. The summed E-state index contributed by atoms with van der Waals surface area (Å²) in [5.74, 6) is 0.0898. The minimum absolute atomic E-state index is 0. The third-order valence-electron chi connectivity index (χ3n) is 8.12. The van der Waals surface area contributed by atoms with Crippen LogP contribution in [0.2, 0.25) is 0 Å². The average molecular weight is 745 g/mol. The molecule has 52 heavy (non-hydrogen) atoms. The van der Waals surface area contributed by atoms with Gasteiger partial charge in [-0.15, -0.1) is 12.6 Å². The van der Waals surface area contributed by atoms with Crippen LogP contribution in [0.5, 0.6) is 0 Å². The number of nitrogens with one attached hydrogen (secondary N) is 3. The number of likely N-dealkylation sites (N-methyl/N-ethyl adjacent to an activating group) is 2. The van der Waals surface area contributed by atoms with E-state index in [2.05, 4.69) is 75.7 Å². The SMILES string of the molecule is CN1CCN(c2ccc(-c3nc4nc[nH]c4c(=O)[nH]3)cc2)CC1.CN1CCN(c2ccc(C=O)cc2)CC1.NC(=O)c1[nH]cnc1N.O=S(=O)=O.[H-].[Na+]. The van der Waals surface area contributed by atoms with E-state index in [9.17, 15) is 14.4 Å². The molecule has 20 heteroatoms. The monoisotopic (exact) mass is 744 g/mol. The van der Waals surface area contributed by atoms with E-state index in [1.54, 1.807) is 0 Å². The van der Waals surface area contributed by atoms with Crippen LogP contribution in [0.4, 0.5) is 17.2 Å². The van der Waals surface area contributed by atoms with E-state index in [0.29, 0.717) is 17.0 Å². The van der Waals surface area contributed by atoms with Gasteiger partial charge in [-0.05, 0) is 62.6 Å². The van der Waals surface area contributed by atoms with Crippen molar-refractivity contribution >= 4 is 51.2 Å². The second-order valence-corrected chi connectivity index (χ2v) is 12.0. The van der Waals surface area contributed by atoms with Gasteiger partial charge in [-0.25, -0.2) is 15.0 Å². The van der Waals surface area contributed by atoms with Gasteiger partial charge in [-0.1, -0.05) is 0 Å². The van der Waals surface area contributed by atoms with Crippen LogP contribution in [0.3, 0.4) is 0 Å². The maximum absolute atomic E-state index is 12.0. The van der Waals surface area contributed by atoms with Crippen molar-refractivity contribution in [1.82, 2.24) is 39.7 Å². The van der Waals surface area contributed by atoms with E-state index < -0.39 is 16.5 Å². The number of aromatic nitrogens is 6. The first-order valence-electron chi connectivity index (χ1n) is 15.8. The number of anilines is 3. The van der Waals surface area contributed by atoms with Crippen molar-refractivity contribution in [2.45, 2.75) is 0 Å². The number of aldehydes is 1. The fourth-order valence-corrected chi connectivity index (χ4v) is 5.20. The van der Waals surface area contributed by atoms with Crippen LogP contribution in [0, 0.1) is 0 Å². The van der Waals surface area contributed by atoms with Gasteiger partial charge in [-0.3, -0.25) is 14.4 Å². The number of carbonyl (C=O) groups is 2. The molecule has 2 aromatic carbocycles. The van der Waals surface area contributed by atoms with E-state index in [1.807, 2.05) is 36.4 Å². The smallest absolute Gasteiger partial charge is 1.00 e. The molecule has 0 radical (unpaired) electrons. The Morgan fingerprint density at radius 1 is 0.808 bits per heavy atom. The van der Waals surface area contributed by atoms with Gasteiger partial charge in [0, 0.05) is 74.9 Å². The van der Waals surface area contributed by atoms with Crippen LogP contribution < -0.4 is 56.4 Å². The fraction of sp³-hybridized carbons (Fsp3) is 0.312. The van der Waals surface area contributed by atoms with Gasteiger partial charge in [-0.2, -0.15) is 0 Å². The second-order valence-electron chi connectivity index (χ2n) is 11.6. The van der Waals surface area contributed by atoms with Crippen LogP contribution >= 0.6 is 0 Å². The van der Waals surface area contributed by atoms with Crippen molar-refractivity contribution in [2.24, 2.45) is 5.73 Å². The number of H-pyrrole nitrogens is 3. The van der Waals surface area contributed by atoms with Crippen molar-refractivity contribution in [3.63, 3.8) is 0 Å². The van der Waals surface area contributed by atoms with Crippen molar-refractivity contribution in [1.29, 1.82) is 0 Å². The van der Waals surface area contributed by atoms with Gasteiger partial charge in [0.25, 0.3) is 11.5 Å². The molecule has 7 N–H and O–H groups in total. The third-order valence-corrected chi connectivity index (χ3v) is 8.12. The molecule has 272 valence electrons. The Morgan fingerprint density at radius 2 is 1.29 bits per heavy atom. The van der Waals surface area contributed by atoms with Crippen LogP contribution in [0.1, 0.15) is 22.3 Å². The molecule has 0 aliphatic carbocycles. The number of rotatable bonds is 5. The van der Waals surface area contributed by atoms with Gasteiger partial charge < -0.3 is 47.4 Å². The molecular weight excluding hydrogens is 703 g/mol. The standard InChI is InChI=1S/C16H18N6O.C12H16N2O.C4H6N4O.Na.O3S.H/c1-21-6-8-22(9-7-21)12-4-2-11(3-5-12)14-19-15-13(16(23)20-14)17-10-18-15;1-13-6-8-14(9-7-13)12-4-2-11(10-15)3-5-12;5-3-2(4(6)9)7-1-8-3;;1-4(2)3;/h2-5,10H,6-9H2,1H3,(H2,17,18,19,20,23);2-5,10H,6-9H2,1H3;1H,5H2,(H2,6,9)(H,7,8);;;/q;;;+1;;-1. The minimum atomic E-state index is -3.11. The van der Waals surface area contributed by atoms with Crippen LogP contribution in [-0.2, 0) is 10.6 Å². The minimum Gasteiger partial charge on any atom is -1.00 e. The van der Waals surface area contributed by atoms with Crippen molar-refractivity contribution in [2.75, 3.05) is 82.0 Å². The van der Waals surface area contributed by atoms with Gasteiger partial charge >= 0.3 is 40.2 Å². The number of piperazine rings is 2. The molecule has 0 unspecified atom stereocenters. The van der Waals surface area contributed by atoms with E-state index in [1.165, 1.54) is 24.0 Å². The van der Waals surface area contributed by atoms with E-state index in [0.717, 1.165) is 69.8 Å². The molecule has 18 nitrogen and oxygen atoms in total. The maximum atomic E-state index is 12.0. The quantitative estimate of drug-likeness (QED) is 0.0924. The summed E-state index contributed by atoms with van der Waals surface area (Å²) in [4.78, 5) is 62.4. The predicted octanol–water partition coefficient (Wildman–Crippen LogP) is -2.48. The van der Waals surface area contributed by atoms with Crippen LogP contribution in [-0.4, -0.2) is 131 Å². The Balaban J connectivity index is 0.000000280. The second kappa shape index (κ2) is 20.2. The molecule has 2 fully saturated rings. The largest absolute Gasteiger partial charge is 1.00 e. The Hall–Kier alpha value is -4.92. The predicted molar refractivity (Wildman–Crippen MR) is 194 cm³/mol. The number of nitrogens with zero attached hydrogens (tertiary/aromatic N) is 7. The van der Waals surface area contributed by atoms with Gasteiger partial charge in [0.1, 0.15) is 17.8 Å². The molecule has 5 heterocycles. The summed E-state index contributed by atoms with van der Waals surface area (Å²) in [6.07, 6.45) is 3.68. The van der Waals surface area contributed by atoms with Gasteiger partial charge in [0.2, 0.25) is 0 Å². The molecule has 7 rings (SSSR count). The fourth-order valence-electron chi connectivity index (χ4n) is 5.20. The summed E-state index contributed by atoms with van der Waals surface area (Å²) >= 11 is 0. The molecule has 2 aliphatic rings. The first-order valence-corrected chi connectivity index (χ1v) is 16.8. The number of fused-ring (bicyclic) bond motifs is 1. The van der Waals surface area contributed by atoms with Crippen molar-refractivity contribution in [3.05, 3.63) is 82.8 Å². The Morgan fingerprint density at radius 3 is 1.71 bits per heavy atom. The summed E-state index contributed by atoms with van der Waals surface area (Å²) in [5, 5.41) is 0. The number of nitrogens with two attached hydrogens (primary N) is 2.